The Balaban J connectivity index is 1.59. The molecule has 4 nitrogen and oxygen atoms in total. The zero-order valence-corrected chi connectivity index (χ0v) is 19.9. The summed E-state index contributed by atoms with van der Waals surface area (Å²) in [5.41, 5.74) is 6.99. The standard InChI is InChI=1S/C30H31NO3/c1-3-23-17-27-25(18-28(23)33-2)29-24(30(32)34-20-22-13-8-5-9-14-22)15-10-16-26(29)31(27)19-21-11-6-4-7-12-21/h4-9,11-14,17-18,24H,3,10,15-16,19-20H2,1-2H3. The van der Waals surface area contributed by atoms with Crippen LogP contribution in [0, 0.1) is 0 Å². The molecule has 0 N–H and O–H groups in total. The van der Waals surface area contributed by atoms with Crippen LogP contribution in [0.3, 0.4) is 0 Å². The molecule has 0 saturated carbocycles. The van der Waals surface area contributed by atoms with E-state index in [1.165, 1.54) is 22.3 Å². The fourth-order valence-corrected chi connectivity index (χ4v) is 5.25. The molecule has 4 heteroatoms. The van der Waals surface area contributed by atoms with Crippen LogP contribution in [0.1, 0.15) is 53.6 Å². The van der Waals surface area contributed by atoms with Gasteiger partial charge in [0, 0.05) is 23.1 Å². The molecule has 0 aliphatic heterocycles. The summed E-state index contributed by atoms with van der Waals surface area (Å²) in [5, 5.41) is 1.11. The second-order valence-electron chi connectivity index (χ2n) is 9.00. The van der Waals surface area contributed by atoms with Crippen molar-refractivity contribution >= 4 is 16.9 Å². The lowest BCUT2D eigenvalue weighted by atomic mass is 9.85. The molecule has 1 atom stereocenters. The third kappa shape index (κ3) is 4.21. The molecule has 0 saturated heterocycles. The van der Waals surface area contributed by atoms with Crippen molar-refractivity contribution in [2.45, 2.75) is 51.7 Å². The van der Waals surface area contributed by atoms with Gasteiger partial charge in [0.1, 0.15) is 12.4 Å². The van der Waals surface area contributed by atoms with Crippen LogP contribution in [0.2, 0.25) is 0 Å². The number of hydrogen-bond donors (Lipinski definition) is 0. The average Bonchev–Trinajstić information content (AvgIpc) is 3.20. The highest BCUT2D eigenvalue weighted by Crippen LogP contribution is 2.42. The van der Waals surface area contributed by atoms with Crippen LogP contribution >= 0.6 is 0 Å². The largest absolute Gasteiger partial charge is 0.496 e. The molecule has 0 radical (unpaired) electrons. The predicted molar refractivity (Wildman–Crippen MR) is 135 cm³/mol. The Hall–Kier alpha value is -3.53. The third-order valence-electron chi connectivity index (χ3n) is 6.94. The van der Waals surface area contributed by atoms with Gasteiger partial charge < -0.3 is 14.0 Å². The first kappa shape index (κ1) is 22.3. The highest BCUT2D eigenvalue weighted by molar-refractivity contribution is 5.94. The van der Waals surface area contributed by atoms with E-state index in [1.54, 1.807) is 7.11 Å². The first-order valence-electron chi connectivity index (χ1n) is 12.2. The summed E-state index contributed by atoms with van der Waals surface area (Å²) in [6, 6.07) is 24.8. The van der Waals surface area contributed by atoms with Gasteiger partial charge in [0.25, 0.3) is 0 Å². The number of carbonyl (C=O) groups excluding carboxylic acids is 1. The molecule has 34 heavy (non-hydrogen) atoms. The Bertz CT molecular complexity index is 1290. The highest BCUT2D eigenvalue weighted by atomic mass is 16.5. The Morgan fingerprint density at radius 1 is 1.00 bits per heavy atom. The number of aryl methyl sites for hydroxylation is 1. The third-order valence-corrected chi connectivity index (χ3v) is 6.94. The molecule has 0 spiro atoms. The number of hydrogen-bond acceptors (Lipinski definition) is 3. The molecular weight excluding hydrogens is 422 g/mol. The number of nitrogens with zero attached hydrogens (tertiary/aromatic N) is 1. The Morgan fingerprint density at radius 2 is 1.71 bits per heavy atom. The summed E-state index contributed by atoms with van der Waals surface area (Å²) >= 11 is 0. The van der Waals surface area contributed by atoms with Gasteiger partial charge in [-0.1, -0.05) is 67.6 Å². The summed E-state index contributed by atoms with van der Waals surface area (Å²) in [5.74, 6) is 0.489. The lowest BCUT2D eigenvalue weighted by Crippen LogP contribution is -2.21. The summed E-state index contributed by atoms with van der Waals surface area (Å²) in [6.45, 7) is 3.24. The van der Waals surface area contributed by atoms with Gasteiger partial charge in [-0.05, 0) is 60.1 Å². The number of methoxy groups -OCH3 is 1. The van der Waals surface area contributed by atoms with Gasteiger partial charge in [-0.3, -0.25) is 4.79 Å². The fourth-order valence-electron chi connectivity index (χ4n) is 5.25. The highest BCUT2D eigenvalue weighted by Gasteiger charge is 2.33. The van der Waals surface area contributed by atoms with Crippen molar-refractivity contribution < 1.29 is 14.3 Å². The van der Waals surface area contributed by atoms with Gasteiger partial charge in [0.2, 0.25) is 0 Å². The first-order chi connectivity index (χ1) is 16.7. The summed E-state index contributed by atoms with van der Waals surface area (Å²) in [4.78, 5) is 13.4. The van der Waals surface area contributed by atoms with E-state index in [2.05, 4.69) is 47.9 Å². The Morgan fingerprint density at radius 3 is 2.38 bits per heavy atom. The molecule has 0 bridgehead atoms. The Labute approximate surface area is 201 Å². The maximum Gasteiger partial charge on any atom is 0.313 e. The molecule has 4 aromatic rings. The van der Waals surface area contributed by atoms with Crippen molar-refractivity contribution in [1.29, 1.82) is 0 Å². The van der Waals surface area contributed by atoms with E-state index in [1.807, 2.05) is 36.4 Å². The van der Waals surface area contributed by atoms with E-state index in [0.717, 1.165) is 54.5 Å². The zero-order valence-electron chi connectivity index (χ0n) is 19.9. The van der Waals surface area contributed by atoms with E-state index in [0.29, 0.717) is 6.61 Å². The van der Waals surface area contributed by atoms with Crippen LogP contribution in [-0.4, -0.2) is 17.6 Å². The van der Waals surface area contributed by atoms with Crippen LogP contribution < -0.4 is 4.74 Å². The SMILES string of the molecule is CCc1cc2c(cc1OC)c1c(n2Cc2ccccc2)CCCC1C(=O)OCc1ccccc1. The quantitative estimate of drug-likeness (QED) is 0.303. The van der Waals surface area contributed by atoms with Gasteiger partial charge in [0.05, 0.1) is 13.0 Å². The van der Waals surface area contributed by atoms with Gasteiger partial charge in [-0.25, -0.2) is 0 Å². The topological polar surface area (TPSA) is 40.5 Å². The number of rotatable bonds is 7. The first-order valence-corrected chi connectivity index (χ1v) is 12.2. The zero-order chi connectivity index (χ0) is 23.5. The van der Waals surface area contributed by atoms with E-state index in [-0.39, 0.29) is 11.9 Å². The molecule has 0 fully saturated rings. The van der Waals surface area contributed by atoms with Crippen molar-refractivity contribution in [1.82, 2.24) is 4.57 Å². The van der Waals surface area contributed by atoms with Crippen molar-refractivity contribution in [3.05, 3.63) is 101 Å². The predicted octanol–water partition coefficient (Wildman–Crippen LogP) is 6.42. The van der Waals surface area contributed by atoms with Crippen molar-refractivity contribution in [3.63, 3.8) is 0 Å². The summed E-state index contributed by atoms with van der Waals surface area (Å²) in [7, 11) is 1.72. The smallest absolute Gasteiger partial charge is 0.313 e. The lowest BCUT2D eigenvalue weighted by molar-refractivity contribution is -0.147. The van der Waals surface area contributed by atoms with Crippen molar-refractivity contribution in [3.8, 4) is 5.75 Å². The minimum absolute atomic E-state index is 0.137. The molecule has 174 valence electrons. The molecule has 1 aliphatic carbocycles. The fraction of sp³-hybridized carbons (Fsp3) is 0.300. The number of ether oxygens (including phenoxy) is 2. The van der Waals surface area contributed by atoms with Gasteiger partial charge in [-0.2, -0.15) is 0 Å². The molecule has 0 amide bonds. The molecular formula is C30H31NO3. The van der Waals surface area contributed by atoms with E-state index < -0.39 is 0 Å². The van der Waals surface area contributed by atoms with E-state index in [9.17, 15) is 4.79 Å². The van der Waals surface area contributed by atoms with Crippen LogP contribution in [0.25, 0.3) is 10.9 Å². The minimum Gasteiger partial charge on any atom is -0.496 e. The van der Waals surface area contributed by atoms with Gasteiger partial charge in [-0.15, -0.1) is 0 Å². The van der Waals surface area contributed by atoms with Gasteiger partial charge >= 0.3 is 5.97 Å². The maximum atomic E-state index is 13.4. The van der Waals surface area contributed by atoms with Crippen LogP contribution in [0.5, 0.6) is 5.75 Å². The molecule has 1 heterocycles. The minimum atomic E-state index is -0.260. The van der Waals surface area contributed by atoms with Crippen molar-refractivity contribution in [2.24, 2.45) is 0 Å². The lowest BCUT2D eigenvalue weighted by Gasteiger charge is -2.23. The average molecular weight is 454 g/mol. The van der Waals surface area contributed by atoms with E-state index >= 15 is 0 Å². The molecule has 5 rings (SSSR count). The Kier molecular flexibility index (Phi) is 6.39. The molecule has 1 aliphatic rings. The number of fused-ring (bicyclic) bond motifs is 3. The van der Waals surface area contributed by atoms with Crippen LogP contribution in [0.15, 0.2) is 72.8 Å². The van der Waals surface area contributed by atoms with Crippen LogP contribution in [-0.2, 0) is 35.5 Å². The number of carbonyl (C=O) groups is 1. The number of esters is 1. The molecule has 1 aromatic heterocycles. The normalized spacial score (nSPS) is 15.2. The second-order valence-corrected chi connectivity index (χ2v) is 9.00. The maximum absolute atomic E-state index is 13.4. The van der Waals surface area contributed by atoms with Crippen LogP contribution in [0.4, 0.5) is 0 Å². The molecule has 1 unspecified atom stereocenters. The number of aromatic nitrogens is 1. The van der Waals surface area contributed by atoms with Gasteiger partial charge in [0.15, 0.2) is 0 Å². The van der Waals surface area contributed by atoms with Crippen molar-refractivity contribution in [2.75, 3.05) is 7.11 Å². The van der Waals surface area contributed by atoms with E-state index in [4.69, 9.17) is 9.47 Å². The monoisotopic (exact) mass is 453 g/mol. The summed E-state index contributed by atoms with van der Waals surface area (Å²) in [6.07, 6.45) is 3.63. The molecule has 3 aromatic carbocycles. The number of benzene rings is 3. The second kappa shape index (κ2) is 9.76. The summed E-state index contributed by atoms with van der Waals surface area (Å²) < 4.78 is 14.0.